The van der Waals surface area contributed by atoms with Crippen LogP contribution in [0.5, 0.6) is 0 Å². The summed E-state index contributed by atoms with van der Waals surface area (Å²) in [6.45, 7) is 0.684. The van der Waals surface area contributed by atoms with E-state index in [1.165, 1.54) is 0 Å². The Morgan fingerprint density at radius 3 is 2.81 bits per heavy atom. The van der Waals surface area contributed by atoms with Crippen LogP contribution in [0.4, 0.5) is 0 Å². The maximum atomic E-state index is 11.6. The minimum atomic E-state index is -3.22. The fourth-order valence-corrected chi connectivity index (χ4v) is 4.21. The molecule has 1 unspecified atom stereocenters. The number of rotatable bonds is 1. The van der Waals surface area contributed by atoms with Crippen molar-refractivity contribution >= 4 is 7.82 Å². The summed E-state index contributed by atoms with van der Waals surface area (Å²) in [5.41, 5.74) is 1.13. The highest BCUT2D eigenvalue weighted by Crippen LogP contribution is 2.78. The van der Waals surface area contributed by atoms with Crippen LogP contribution in [0.1, 0.15) is 17.9 Å². The summed E-state index contributed by atoms with van der Waals surface area (Å²) in [4.78, 5) is 0. The van der Waals surface area contributed by atoms with E-state index in [4.69, 9.17) is 13.7 Å². The molecule has 0 radical (unpaired) electrons. The third-order valence-electron chi connectivity index (χ3n) is 3.29. The van der Waals surface area contributed by atoms with Crippen molar-refractivity contribution in [3.8, 4) is 0 Å². The normalized spacial score (nSPS) is 45.4. The first-order valence-electron chi connectivity index (χ1n) is 5.26. The third kappa shape index (κ3) is 0.979. The zero-order valence-electron chi connectivity index (χ0n) is 8.41. The van der Waals surface area contributed by atoms with Gasteiger partial charge < -0.3 is 0 Å². The molecule has 6 heteroatoms. The molecule has 4 aliphatic rings. The molecule has 0 aliphatic carbocycles. The second-order valence-corrected chi connectivity index (χ2v) is 5.62. The molecule has 0 N–H and O–H groups in total. The largest absolute Gasteiger partial charge is 0.499 e. The van der Waals surface area contributed by atoms with Gasteiger partial charge in [0, 0.05) is 6.54 Å². The zero-order valence-corrected chi connectivity index (χ0v) is 9.30. The summed E-state index contributed by atoms with van der Waals surface area (Å²) >= 11 is 0. The van der Waals surface area contributed by atoms with Crippen molar-refractivity contribution in [2.45, 2.75) is 18.2 Å². The Morgan fingerprint density at radius 1 is 1.31 bits per heavy atom. The Morgan fingerprint density at radius 2 is 2.06 bits per heavy atom. The molecule has 1 aromatic rings. The van der Waals surface area contributed by atoms with Crippen molar-refractivity contribution in [3.63, 3.8) is 0 Å². The first-order valence-corrected chi connectivity index (χ1v) is 6.72. The van der Waals surface area contributed by atoms with Gasteiger partial charge >= 0.3 is 7.82 Å². The van der Waals surface area contributed by atoms with Crippen LogP contribution in [-0.4, -0.2) is 17.5 Å². The molecule has 0 aromatic heterocycles. The zero-order chi connectivity index (χ0) is 10.8. The molecule has 16 heavy (non-hydrogen) atoms. The van der Waals surface area contributed by atoms with Gasteiger partial charge in [-0.05, 0) is 12.0 Å². The molecule has 5 rings (SSSR count). The lowest BCUT2D eigenvalue weighted by molar-refractivity contribution is -0.264. The first-order chi connectivity index (χ1) is 7.72. The second-order valence-electron chi connectivity index (χ2n) is 4.20. The number of benzene rings is 1. The molecular formula is C10H10NO4P. The Balaban J connectivity index is 1.75. The van der Waals surface area contributed by atoms with Crippen molar-refractivity contribution in [3.05, 3.63) is 35.9 Å². The van der Waals surface area contributed by atoms with Gasteiger partial charge in [0.2, 0.25) is 0 Å². The summed E-state index contributed by atoms with van der Waals surface area (Å²) in [6, 6.07) is 9.96. The van der Waals surface area contributed by atoms with Gasteiger partial charge in [-0.15, -0.1) is 5.06 Å². The Bertz CT molecular complexity index is 481. The van der Waals surface area contributed by atoms with Crippen molar-refractivity contribution in [1.82, 2.24) is 5.06 Å². The Labute approximate surface area is 92.5 Å². The van der Waals surface area contributed by atoms with Crippen molar-refractivity contribution < 1.29 is 18.2 Å². The van der Waals surface area contributed by atoms with E-state index in [2.05, 4.69) is 0 Å². The molecule has 1 spiro atoms. The van der Waals surface area contributed by atoms with Crippen LogP contribution in [0, 0.1) is 0 Å². The smallest absolute Gasteiger partial charge is 0.234 e. The van der Waals surface area contributed by atoms with Crippen molar-refractivity contribution in [1.29, 1.82) is 0 Å². The Kier molecular flexibility index (Phi) is 1.60. The van der Waals surface area contributed by atoms with Crippen LogP contribution in [0.15, 0.2) is 30.3 Å². The van der Waals surface area contributed by atoms with Gasteiger partial charge in [0.25, 0.3) is 5.91 Å². The number of nitrogens with zero attached hydrogens (tertiary/aromatic N) is 1. The summed E-state index contributed by atoms with van der Waals surface area (Å²) in [6.07, 6.45) is 0.879. The Hall–Kier alpha value is -0.710. The highest BCUT2D eigenvalue weighted by molar-refractivity contribution is 7.50. The molecule has 84 valence electrons. The van der Waals surface area contributed by atoms with E-state index < -0.39 is 13.7 Å². The molecule has 5 nitrogen and oxygen atoms in total. The van der Waals surface area contributed by atoms with Crippen LogP contribution < -0.4 is 0 Å². The quantitative estimate of drug-likeness (QED) is 0.703. The standard InChI is InChI=1S/C10H10NO4P/c12-16-13-10(14-16)9(6-7-11(10)15-16)8-4-2-1-3-5-8/h1-5,9H,6-7H2. The molecule has 4 saturated heterocycles. The third-order valence-corrected chi connectivity index (χ3v) is 4.66. The van der Waals surface area contributed by atoms with Gasteiger partial charge in [-0.25, -0.2) is 13.6 Å². The average Bonchev–Trinajstić information content (AvgIpc) is 2.79. The van der Waals surface area contributed by atoms with Gasteiger partial charge in [-0.3, -0.25) is 0 Å². The van der Waals surface area contributed by atoms with Crippen LogP contribution in [0.2, 0.25) is 0 Å². The number of hydrogen-bond acceptors (Lipinski definition) is 5. The summed E-state index contributed by atoms with van der Waals surface area (Å²) in [5, 5.41) is 1.57. The average molecular weight is 239 g/mol. The van der Waals surface area contributed by atoms with Crippen LogP contribution >= 0.6 is 7.82 Å². The van der Waals surface area contributed by atoms with E-state index >= 15 is 0 Å². The van der Waals surface area contributed by atoms with Crippen molar-refractivity contribution in [2.75, 3.05) is 6.54 Å². The lowest BCUT2D eigenvalue weighted by Crippen LogP contribution is -2.46. The molecule has 4 fully saturated rings. The molecule has 2 bridgehead atoms. The minimum Gasteiger partial charge on any atom is -0.234 e. The fraction of sp³-hybridized carbons (Fsp3) is 0.400. The van der Waals surface area contributed by atoms with Gasteiger partial charge in [-0.1, -0.05) is 30.3 Å². The number of phosphoric ester groups is 1. The summed E-state index contributed by atoms with van der Waals surface area (Å²) in [7, 11) is -3.22. The van der Waals surface area contributed by atoms with Crippen LogP contribution in [0.25, 0.3) is 0 Å². The van der Waals surface area contributed by atoms with E-state index in [-0.39, 0.29) is 5.92 Å². The molecule has 0 saturated carbocycles. The molecule has 1 atom stereocenters. The van der Waals surface area contributed by atoms with Gasteiger partial charge in [-0.2, -0.15) is 4.62 Å². The fourth-order valence-electron chi connectivity index (χ4n) is 2.62. The van der Waals surface area contributed by atoms with Crippen LogP contribution in [0.3, 0.4) is 0 Å². The van der Waals surface area contributed by atoms with Gasteiger partial charge in [0.05, 0.1) is 5.92 Å². The molecular weight excluding hydrogens is 229 g/mol. The molecule has 4 aliphatic heterocycles. The SMILES string of the molecule is O=P12ON3CCC(c4ccccc4)C3(O1)O2. The second kappa shape index (κ2) is 2.75. The highest BCUT2D eigenvalue weighted by Gasteiger charge is 2.76. The molecule has 0 amide bonds. The maximum absolute atomic E-state index is 11.6. The number of phosphoric acid groups is 1. The topological polar surface area (TPSA) is 48.0 Å². The highest BCUT2D eigenvalue weighted by atomic mass is 31.2. The summed E-state index contributed by atoms with van der Waals surface area (Å²) < 4.78 is 27.4. The minimum absolute atomic E-state index is 0.0678. The van der Waals surface area contributed by atoms with Gasteiger partial charge in [0.15, 0.2) is 0 Å². The maximum Gasteiger partial charge on any atom is 0.499 e. The molecule has 4 heterocycles. The van der Waals surface area contributed by atoms with Gasteiger partial charge in [0.1, 0.15) is 0 Å². The van der Waals surface area contributed by atoms with E-state index in [0.717, 1.165) is 12.0 Å². The first kappa shape index (κ1) is 9.33. The lowest BCUT2D eigenvalue weighted by atomic mass is 9.95. The lowest BCUT2D eigenvalue weighted by Gasteiger charge is -2.36. The van der Waals surface area contributed by atoms with Crippen LogP contribution in [-0.2, 0) is 18.2 Å². The van der Waals surface area contributed by atoms with E-state index in [1.807, 2.05) is 30.3 Å². The predicted molar refractivity (Wildman–Crippen MR) is 54.1 cm³/mol. The predicted octanol–water partition coefficient (Wildman–Crippen LogP) is 2.23. The summed E-state index contributed by atoms with van der Waals surface area (Å²) in [5.74, 6) is -0.852. The monoisotopic (exact) mass is 239 g/mol. The van der Waals surface area contributed by atoms with E-state index in [0.29, 0.717) is 6.54 Å². The number of hydrogen-bond donors (Lipinski definition) is 0. The molecule has 1 aromatic carbocycles. The van der Waals surface area contributed by atoms with E-state index in [9.17, 15) is 4.57 Å². The van der Waals surface area contributed by atoms with E-state index in [1.54, 1.807) is 5.06 Å². The van der Waals surface area contributed by atoms with Crippen molar-refractivity contribution in [2.24, 2.45) is 0 Å². The number of hydroxylamine groups is 2.